The minimum Gasteiger partial charge on any atom is -0.455 e. The number of hydrogen-bond donors (Lipinski definition) is 0. The number of fused-ring (bicyclic) bond motifs is 5. The second-order valence-electron chi connectivity index (χ2n) is 6.27. The van der Waals surface area contributed by atoms with Gasteiger partial charge in [-0.1, -0.05) is 72.8 Å². The van der Waals surface area contributed by atoms with Crippen molar-refractivity contribution in [3.63, 3.8) is 0 Å². The molecule has 0 radical (unpaired) electrons. The fraction of sp³-hybridized carbons (Fsp3) is 0.0435. The highest BCUT2D eigenvalue weighted by Gasteiger charge is 2.15. The molecular weight excluding hydrogens is 292 g/mol. The molecule has 4 aromatic carbocycles. The van der Waals surface area contributed by atoms with E-state index in [0.717, 1.165) is 11.2 Å². The minimum atomic E-state index is 0.981. The molecule has 24 heavy (non-hydrogen) atoms. The zero-order chi connectivity index (χ0) is 16.1. The van der Waals surface area contributed by atoms with Crippen molar-refractivity contribution >= 4 is 32.7 Å². The molecule has 114 valence electrons. The van der Waals surface area contributed by atoms with Crippen molar-refractivity contribution in [3.8, 4) is 11.1 Å². The van der Waals surface area contributed by atoms with Crippen molar-refractivity contribution in [1.82, 2.24) is 0 Å². The highest BCUT2D eigenvalue weighted by atomic mass is 16.3. The van der Waals surface area contributed by atoms with E-state index in [2.05, 4.69) is 85.8 Å². The van der Waals surface area contributed by atoms with Crippen LogP contribution in [0.15, 0.2) is 83.3 Å². The summed E-state index contributed by atoms with van der Waals surface area (Å²) in [5.41, 5.74) is 5.59. The Morgan fingerprint density at radius 3 is 2.29 bits per heavy atom. The van der Waals surface area contributed by atoms with Gasteiger partial charge in [-0.15, -0.1) is 0 Å². The Balaban J connectivity index is 2.00. The highest BCUT2D eigenvalue weighted by molar-refractivity contribution is 6.19. The van der Waals surface area contributed by atoms with Crippen molar-refractivity contribution < 1.29 is 4.42 Å². The number of hydrogen-bond acceptors (Lipinski definition) is 1. The quantitative estimate of drug-likeness (QED) is 0.335. The second-order valence-corrected chi connectivity index (χ2v) is 6.27. The predicted molar refractivity (Wildman–Crippen MR) is 101 cm³/mol. The number of benzene rings is 4. The first-order valence-electron chi connectivity index (χ1n) is 8.22. The monoisotopic (exact) mass is 308 g/mol. The van der Waals surface area contributed by atoms with Crippen LogP contribution in [0.3, 0.4) is 0 Å². The van der Waals surface area contributed by atoms with Crippen LogP contribution in [-0.4, -0.2) is 0 Å². The molecule has 0 N–H and O–H groups in total. The molecule has 1 heterocycles. The molecule has 0 bridgehead atoms. The third kappa shape index (κ3) is 1.82. The van der Waals surface area contributed by atoms with E-state index in [1.807, 2.05) is 0 Å². The van der Waals surface area contributed by atoms with Crippen molar-refractivity contribution in [1.29, 1.82) is 0 Å². The fourth-order valence-corrected chi connectivity index (χ4v) is 3.60. The second kappa shape index (κ2) is 4.97. The van der Waals surface area contributed by atoms with Crippen molar-refractivity contribution in [2.24, 2.45) is 0 Å². The average molecular weight is 308 g/mol. The van der Waals surface area contributed by atoms with E-state index < -0.39 is 0 Å². The van der Waals surface area contributed by atoms with Crippen LogP contribution in [0.5, 0.6) is 0 Å². The lowest BCUT2D eigenvalue weighted by atomic mass is 9.97. The molecule has 0 amide bonds. The first kappa shape index (κ1) is 13.4. The smallest absolute Gasteiger partial charge is 0.143 e. The lowest BCUT2D eigenvalue weighted by Gasteiger charge is -2.05. The first-order valence-corrected chi connectivity index (χ1v) is 8.22. The molecule has 0 atom stereocenters. The Morgan fingerprint density at radius 2 is 1.42 bits per heavy atom. The maximum absolute atomic E-state index is 6.36. The SMILES string of the molecule is Cc1ccc(-c2ccccc2)c2c1oc1c3ccccc3ccc12. The van der Waals surface area contributed by atoms with Crippen molar-refractivity contribution in [3.05, 3.63) is 84.4 Å². The van der Waals surface area contributed by atoms with Gasteiger partial charge in [0.15, 0.2) is 0 Å². The highest BCUT2D eigenvalue weighted by Crippen LogP contribution is 2.40. The lowest BCUT2D eigenvalue weighted by Crippen LogP contribution is -1.81. The summed E-state index contributed by atoms with van der Waals surface area (Å²) in [7, 11) is 0. The molecule has 1 heteroatoms. The summed E-state index contributed by atoms with van der Waals surface area (Å²) in [6.07, 6.45) is 0. The van der Waals surface area contributed by atoms with E-state index in [-0.39, 0.29) is 0 Å². The maximum atomic E-state index is 6.36. The summed E-state index contributed by atoms with van der Waals surface area (Å²) < 4.78 is 6.36. The normalized spacial score (nSPS) is 11.5. The summed E-state index contributed by atoms with van der Waals surface area (Å²) >= 11 is 0. The van der Waals surface area contributed by atoms with Gasteiger partial charge in [0, 0.05) is 16.2 Å². The largest absolute Gasteiger partial charge is 0.455 e. The van der Waals surface area contributed by atoms with Crippen LogP contribution < -0.4 is 0 Å². The predicted octanol–water partition coefficient (Wildman–Crippen LogP) is 6.71. The minimum absolute atomic E-state index is 0.981. The lowest BCUT2D eigenvalue weighted by molar-refractivity contribution is 0.669. The molecule has 1 nitrogen and oxygen atoms in total. The van der Waals surface area contributed by atoms with Crippen molar-refractivity contribution in [2.45, 2.75) is 6.92 Å². The third-order valence-corrected chi connectivity index (χ3v) is 4.79. The van der Waals surface area contributed by atoms with Crippen LogP contribution in [0.1, 0.15) is 5.56 Å². The van der Waals surface area contributed by atoms with Crippen LogP contribution in [0.4, 0.5) is 0 Å². The van der Waals surface area contributed by atoms with Crippen LogP contribution in [0.25, 0.3) is 43.8 Å². The number of aryl methyl sites for hydroxylation is 1. The Hall–Kier alpha value is -3.06. The molecule has 5 rings (SSSR count). The van der Waals surface area contributed by atoms with Crippen LogP contribution in [0, 0.1) is 6.92 Å². The molecule has 1 aromatic heterocycles. The van der Waals surface area contributed by atoms with Gasteiger partial charge in [0.05, 0.1) is 0 Å². The molecule has 0 aliphatic rings. The molecular formula is C23H16O. The third-order valence-electron chi connectivity index (χ3n) is 4.79. The van der Waals surface area contributed by atoms with Gasteiger partial charge in [-0.05, 0) is 35.1 Å². The van der Waals surface area contributed by atoms with E-state index in [4.69, 9.17) is 4.42 Å². The van der Waals surface area contributed by atoms with Gasteiger partial charge < -0.3 is 4.42 Å². The Kier molecular flexibility index (Phi) is 2.77. The van der Waals surface area contributed by atoms with Crippen LogP contribution in [-0.2, 0) is 0 Å². The van der Waals surface area contributed by atoms with E-state index in [9.17, 15) is 0 Å². The van der Waals surface area contributed by atoms with Gasteiger partial charge in [0.2, 0.25) is 0 Å². The zero-order valence-electron chi connectivity index (χ0n) is 13.4. The summed E-state index contributed by atoms with van der Waals surface area (Å²) in [5, 5.41) is 4.78. The van der Waals surface area contributed by atoms with Gasteiger partial charge in [0.1, 0.15) is 11.2 Å². The van der Waals surface area contributed by atoms with Gasteiger partial charge in [0.25, 0.3) is 0 Å². The molecule has 0 aliphatic heterocycles. The van der Waals surface area contributed by atoms with Gasteiger partial charge in [-0.2, -0.15) is 0 Å². The summed E-state index contributed by atoms with van der Waals surface area (Å²) in [6.45, 7) is 2.11. The Bertz CT molecular complexity index is 1200. The van der Waals surface area contributed by atoms with Gasteiger partial charge in [-0.25, -0.2) is 0 Å². The molecule has 0 saturated carbocycles. The number of furan rings is 1. The average Bonchev–Trinajstić information content (AvgIpc) is 3.04. The molecule has 0 aliphatic carbocycles. The van der Waals surface area contributed by atoms with E-state index in [0.29, 0.717) is 0 Å². The fourth-order valence-electron chi connectivity index (χ4n) is 3.60. The molecule has 0 saturated heterocycles. The molecule has 0 spiro atoms. The van der Waals surface area contributed by atoms with Gasteiger partial charge >= 0.3 is 0 Å². The molecule has 0 fully saturated rings. The summed E-state index contributed by atoms with van der Waals surface area (Å²) in [4.78, 5) is 0. The summed E-state index contributed by atoms with van der Waals surface area (Å²) in [5.74, 6) is 0. The van der Waals surface area contributed by atoms with Gasteiger partial charge in [-0.3, -0.25) is 0 Å². The van der Waals surface area contributed by atoms with E-state index in [1.165, 1.54) is 38.2 Å². The van der Waals surface area contributed by atoms with E-state index >= 15 is 0 Å². The van der Waals surface area contributed by atoms with Crippen molar-refractivity contribution in [2.75, 3.05) is 0 Å². The van der Waals surface area contributed by atoms with Crippen LogP contribution in [0.2, 0.25) is 0 Å². The molecule has 5 aromatic rings. The number of rotatable bonds is 1. The zero-order valence-corrected chi connectivity index (χ0v) is 13.4. The Labute approximate surface area is 140 Å². The van der Waals surface area contributed by atoms with E-state index in [1.54, 1.807) is 0 Å². The first-order chi connectivity index (χ1) is 11.8. The standard InChI is InChI=1S/C23H16O/c1-15-11-13-18(16-7-3-2-4-8-16)21-20-14-12-17-9-5-6-10-19(17)23(20)24-22(15)21/h2-14H,1H3. The maximum Gasteiger partial charge on any atom is 0.143 e. The summed E-state index contributed by atoms with van der Waals surface area (Å²) in [6, 6.07) is 27.7. The molecule has 0 unspecified atom stereocenters. The van der Waals surface area contributed by atoms with Crippen LogP contribution >= 0.6 is 0 Å². The topological polar surface area (TPSA) is 13.1 Å². The Morgan fingerprint density at radius 1 is 0.625 bits per heavy atom.